The first kappa shape index (κ1) is 27.9. The molecule has 2 rings (SSSR count). The summed E-state index contributed by atoms with van der Waals surface area (Å²) in [6.07, 6.45) is 21.8. The smallest absolute Gasteiger partial charge is 0.254 e. The summed E-state index contributed by atoms with van der Waals surface area (Å²) in [5.41, 5.74) is 1.80. The first-order valence-electron chi connectivity index (χ1n) is 13.9. The number of aliphatic hydroxyl groups is 1. The van der Waals surface area contributed by atoms with Crippen LogP contribution in [0.4, 0.5) is 0 Å². The summed E-state index contributed by atoms with van der Waals surface area (Å²) in [4.78, 5) is 14.3. The summed E-state index contributed by atoms with van der Waals surface area (Å²) < 4.78 is 5.81. The number of carbonyl (C=O) groups is 1. The van der Waals surface area contributed by atoms with E-state index >= 15 is 0 Å². The molecule has 0 saturated carbocycles. The fraction of sp³-hybridized carbons (Fsp3) is 0.759. The van der Waals surface area contributed by atoms with Gasteiger partial charge in [-0.25, -0.2) is 0 Å². The number of fused-ring (bicyclic) bond motifs is 1. The Labute approximate surface area is 203 Å². The van der Waals surface area contributed by atoms with Crippen LogP contribution in [-0.2, 0) is 11.3 Å². The van der Waals surface area contributed by atoms with E-state index < -0.39 is 0 Å². The molecule has 1 aromatic carbocycles. The quantitative estimate of drug-likeness (QED) is 0.196. The van der Waals surface area contributed by atoms with Gasteiger partial charge >= 0.3 is 0 Å². The van der Waals surface area contributed by atoms with Crippen molar-refractivity contribution in [3.05, 3.63) is 35.4 Å². The molecule has 1 aliphatic heterocycles. The van der Waals surface area contributed by atoms with Crippen LogP contribution >= 0.6 is 0 Å². The molecule has 1 heterocycles. The molecule has 0 bridgehead atoms. The summed E-state index contributed by atoms with van der Waals surface area (Å²) in [7, 11) is 0. The standard InChI is InChI=1S/C29H49NO3/c1-2-3-4-5-6-7-8-9-10-11-12-13-14-15-16-19-22-33-25-27(24-31)30-23-26-20-17-18-21-28(26)29(30)32/h17-18,20-21,27,31H,2-16,19,22-25H2,1H3. The molecule has 1 aliphatic rings. The number of carbonyl (C=O) groups excluding carboxylic acids is 1. The zero-order valence-corrected chi connectivity index (χ0v) is 21.2. The van der Waals surface area contributed by atoms with Gasteiger partial charge < -0.3 is 14.7 Å². The van der Waals surface area contributed by atoms with Gasteiger partial charge in [-0.2, -0.15) is 0 Å². The van der Waals surface area contributed by atoms with Crippen LogP contribution in [-0.4, -0.2) is 41.8 Å². The van der Waals surface area contributed by atoms with Gasteiger partial charge in [0.15, 0.2) is 0 Å². The van der Waals surface area contributed by atoms with Gasteiger partial charge in [0, 0.05) is 18.7 Å². The lowest BCUT2D eigenvalue weighted by molar-refractivity contribution is 0.0262. The molecule has 1 amide bonds. The predicted octanol–water partition coefficient (Wildman–Crippen LogP) is 7.28. The van der Waals surface area contributed by atoms with Crippen molar-refractivity contribution < 1.29 is 14.6 Å². The minimum absolute atomic E-state index is 0.00987. The second-order valence-electron chi connectivity index (χ2n) is 9.80. The van der Waals surface area contributed by atoms with Gasteiger partial charge in [0.1, 0.15) is 0 Å². The summed E-state index contributed by atoms with van der Waals surface area (Å²) >= 11 is 0. The Hall–Kier alpha value is -1.39. The molecular weight excluding hydrogens is 410 g/mol. The van der Waals surface area contributed by atoms with E-state index in [1.807, 2.05) is 24.3 Å². The maximum absolute atomic E-state index is 12.5. The van der Waals surface area contributed by atoms with Crippen LogP contribution in [0.5, 0.6) is 0 Å². The summed E-state index contributed by atoms with van der Waals surface area (Å²) in [6, 6.07) is 7.44. The van der Waals surface area contributed by atoms with E-state index in [0.29, 0.717) is 19.8 Å². The van der Waals surface area contributed by atoms with Gasteiger partial charge in [-0.1, -0.05) is 121 Å². The average Bonchev–Trinajstić information content (AvgIpc) is 3.17. The second-order valence-corrected chi connectivity index (χ2v) is 9.80. The molecule has 0 aliphatic carbocycles. The minimum Gasteiger partial charge on any atom is -0.394 e. The van der Waals surface area contributed by atoms with E-state index in [0.717, 1.165) is 17.5 Å². The SMILES string of the molecule is CCCCCCCCCCCCCCCCCCOCC(CO)N1Cc2ccccc2C1=O. The van der Waals surface area contributed by atoms with Gasteiger partial charge in [0.05, 0.1) is 19.3 Å². The van der Waals surface area contributed by atoms with Gasteiger partial charge in [-0.3, -0.25) is 4.79 Å². The molecule has 0 fully saturated rings. The van der Waals surface area contributed by atoms with E-state index in [4.69, 9.17) is 4.74 Å². The molecule has 33 heavy (non-hydrogen) atoms. The van der Waals surface area contributed by atoms with Crippen LogP contribution in [0.25, 0.3) is 0 Å². The highest BCUT2D eigenvalue weighted by Crippen LogP contribution is 2.24. The van der Waals surface area contributed by atoms with E-state index in [9.17, 15) is 9.90 Å². The van der Waals surface area contributed by atoms with Gasteiger partial charge in [0.25, 0.3) is 5.91 Å². The molecule has 0 aromatic heterocycles. The Morgan fingerprint density at radius 3 is 1.85 bits per heavy atom. The van der Waals surface area contributed by atoms with Crippen molar-refractivity contribution in [2.75, 3.05) is 19.8 Å². The minimum atomic E-state index is -0.258. The van der Waals surface area contributed by atoms with E-state index in [1.165, 1.54) is 96.3 Å². The Bertz CT molecular complexity index is 633. The highest BCUT2D eigenvalue weighted by molar-refractivity contribution is 5.98. The Morgan fingerprint density at radius 2 is 1.33 bits per heavy atom. The lowest BCUT2D eigenvalue weighted by atomic mass is 10.0. The molecule has 1 aromatic rings. The largest absolute Gasteiger partial charge is 0.394 e. The van der Waals surface area contributed by atoms with Crippen LogP contribution in [0.1, 0.15) is 126 Å². The Balaban J connectivity index is 1.36. The van der Waals surface area contributed by atoms with Crippen LogP contribution < -0.4 is 0 Å². The molecule has 1 atom stereocenters. The Kier molecular flexibility index (Phi) is 15.2. The van der Waals surface area contributed by atoms with Crippen LogP contribution in [0.2, 0.25) is 0 Å². The van der Waals surface area contributed by atoms with Crippen LogP contribution in [0.3, 0.4) is 0 Å². The van der Waals surface area contributed by atoms with E-state index in [1.54, 1.807) is 4.90 Å². The molecule has 4 nitrogen and oxygen atoms in total. The Morgan fingerprint density at radius 1 is 0.818 bits per heavy atom. The number of amides is 1. The number of nitrogens with zero attached hydrogens (tertiary/aromatic N) is 1. The first-order valence-corrected chi connectivity index (χ1v) is 13.9. The fourth-order valence-corrected chi connectivity index (χ4v) is 4.78. The number of ether oxygens (including phenoxy) is 1. The van der Waals surface area contributed by atoms with Gasteiger partial charge in [-0.05, 0) is 18.1 Å². The van der Waals surface area contributed by atoms with Crippen molar-refractivity contribution in [1.82, 2.24) is 4.90 Å². The number of benzene rings is 1. The van der Waals surface area contributed by atoms with Gasteiger partial charge in [0.2, 0.25) is 0 Å². The zero-order chi connectivity index (χ0) is 23.6. The number of unbranched alkanes of at least 4 members (excludes halogenated alkanes) is 15. The van der Waals surface area contributed by atoms with Crippen molar-refractivity contribution >= 4 is 5.91 Å². The molecule has 1 unspecified atom stereocenters. The second kappa shape index (κ2) is 18.0. The molecule has 0 saturated heterocycles. The lowest BCUT2D eigenvalue weighted by Crippen LogP contribution is -2.41. The van der Waals surface area contributed by atoms with Crippen molar-refractivity contribution in [3.63, 3.8) is 0 Å². The number of hydrogen-bond acceptors (Lipinski definition) is 3. The normalized spacial score (nSPS) is 14.1. The third-order valence-electron chi connectivity index (χ3n) is 6.95. The third kappa shape index (κ3) is 11.1. The molecule has 188 valence electrons. The van der Waals surface area contributed by atoms with Crippen molar-refractivity contribution in [1.29, 1.82) is 0 Å². The van der Waals surface area contributed by atoms with Crippen molar-refractivity contribution in [2.45, 2.75) is 122 Å². The van der Waals surface area contributed by atoms with Crippen molar-refractivity contribution in [3.8, 4) is 0 Å². The average molecular weight is 460 g/mol. The molecule has 4 heteroatoms. The lowest BCUT2D eigenvalue weighted by Gasteiger charge is -2.26. The summed E-state index contributed by atoms with van der Waals surface area (Å²) in [6.45, 7) is 3.92. The summed E-state index contributed by atoms with van der Waals surface area (Å²) in [5.74, 6) is 0.00987. The highest BCUT2D eigenvalue weighted by atomic mass is 16.5. The topological polar surface area (TPSA) is 49.8 Å². The van der Waals surface area contributed by atoms with E-state index in [-0.39, 0.29) is 18.6 Å². The van der Waals surface area contributed by atoms with Crippen molar-refractivity contribution in [2.24, 2.45) is 0 Å². The first-order chi connectivity index (χ1) is 16.3. The molecule has 0 radical (unpaired) electrons. The monoisotopic (exact) mass is 459 g/mol. The zero-order valence-electron chi connectivity index (χ0n) is 21.2. The molecule has 1 N–H and O–H groups in total. The van der Waals surface area contributed by atoms with Crippen LogP contribution in [0.15, 0.2) is 24.3 Å². The maximum Gasteiger partial charge on any atom is 0.254 e. The van der Waals surface area contributed by atoms with E-state index in [2.05, 4.69) is 6.92 Å². The fourth-order valence-electron chi connectivity index (χ4n) is 4.78. The van der Waals surface area contributed by atoms with Gasteiger partial charge in [-0.15, -0.1) is 0 Å². The molecule has 0 spiro atoms. The maximum atomic E-state index is 12.5. The number of rotatable bonds is 21. The number of hydrogen-bond donors (Lipinski definition) is 1. The molecular formula is C29H49NO3. The summed E-state index contributed by atoms with van der Waals surface area (Å²) in [5, 5.41) is 9.75. The highest BCUT2D eigenvalue weighted by Gasteiger charge is 2.32. The third-order valence-corrected chi connectivity index (χ3v) is 6.95. The van der Waals surface area contributed by atoms with Crippen LogP contribution in [0, 0.1) is 0 Å². The number of aliphatic hydroxyl groups excluding tert-OH is 1. The predicted molar refractivity (Wildman–Crippen MR) is 138 cm³/mol.